The summed E-state index contributed by atoms with van der Waals surface area (Å²) in [6.07, 6.45) is 41.3. The Bertz CT molecular complexity index is 307. The number of rotatable bonds is 28. The summed E-state index contributed by atoms with van der Waals surface area (Å²) in [5.41, 5.74) is 0. The van der Waals surface area contributed by atoms with Crippen LogP contribution in [0.5, 0.6) is 0 Å². The molecule has 0 fully saturated rings. The largest absolute Gasteiger partial charge is 0.0654 e. The third kappa shape index (κ3) is 28.0. The van der Waals surface area contributed by atoms with E-state index >= 15 is 0 Å². The van der Waals surface area contributed by atoms with Gasteiger partial charge in [-0.25, -0.2) is 0 Å². The minimum Gasteiger partial charge on any atom is -0.0654 e. The van der Waals surface area contributed by atoms with E-state index in [1.807, 2.05) is 0 Å². The lowest BCUT2D eigenvalue weighted by atomic mass is 9.96. The van der Waals surface area contributed by atoms with Gasteiger partial charge in [-0.3, -0.25) is 0 Å². The van der Waals surface area contributed by atoms with Crippen LogP contribution < -0.4 is 0 Å². The highest BCUT2D eigenvalue weighted by molar-refractivity contribution is 4.56. The molecule has 0 N–H and O–H groups in total. The fourth-order valence-electron chi connectivity index (χ4n) is 5.17. The van der Waals surface area contributed by atoms with E-state index in [1.54, 1.807) is 0 Å². The third-order valence-corrected chi connectivity index (χ3v) is 7.60. The molecule has 0 amide bonds. The second-order valence-corrected chi connectivity index (χ2v) is 11.2. The Morgan fingerprint density at radius 1 is 0.281 bits per heavy atom. The average Bonchev–Trinajstić information content (AvgIpc) is 2.80. The molecule has 0 heteroatoms. The molecule has 0 aromatic rings. The maximum atomic E-state index is 2.48. The quantitative estimate of drug-likeness (QED) is 0.104. The van der Waals surface area contributed by atoms with E-state index in [1.165, 1.54) is 180 Å². The van der Waals surface area contributed by atoms with Gasteiger partial charge in [0.25, 0.3) is 0 Å². The Morgan fingerprint density at radius 3 is 0.719 bits per heavy atom. The molecule has 0 heterocycles. The molecule has 0 aromatic carbocycles. The van der Waals surface area contributed by atoms with Crippen molar-refractivity contribution in [3.63, 3.8) is 0 Å². The van der Waals surface area contributed by atoms with Crippen LogP contribution in [0, 0.1) is 5.92 Å². The summed E-state index contributed by atoms with van der Waals surface area (Å²) in [7, 11) is 0. The summed E-state index contributed by atoms with van der Waals surface area (Å²) in [4.78, 5) is 0. The molecule has 0 nitrogen and oxygen atoms in total. The summed E-state index contributed by atoms with van der Waals surface area (Å²) in [6, 6.07) is 0. The Kier molecular flexibility index (Phi) is 29.0. The van der Waals surface area contributed by atoms with E-state index in [-0.39, 0.29) is 0 Å². The molecule has 0 spiro atoms. The first kappa shape index (κ1) is 32.0. The van der Waals surface area contributed by atoms with Gasteiger partial charge >= 0.3 is 0 Å². The SMILES string of the molecule is CCCCCCCCCCCCCCCCCCCCCCCCC(C)CCCCCC. The zero-order chi connectivity index (χ0) is 23.4. The predicted octanol–water partition coefficient (Wildman–Crippen LogP) is 12.6. The number of hydrogen-bond donors (Lipinski definition) is 0. The van der Waals surface area contributed by atoms with Gasteiger partial charge in [0, 0.05) is 0 Å². The second kappa shape index (κ2) is 29.0. The lowest BCUT2D eigenvalue weighted by Gasteiger charge is -2.10. The van der Waals surface area contributed by atoms with E-state index in [2.05, 4.69) is 20.8 Å². The van der Waals surface area contributed by atoms with Gasteiger partial charge in [-0.15, -0.1) is 0 Å². The van der Waals surface area contributed by atoms with Crippen molar-refractivity contribution in [3.8, 4) is 0 Å². The van der Waals surface area contributed by atoms with Gasteiger partial charge in [-0.2, -0.15) is 0 Å². The topological polar surface area (TPSA) is 0 Å². The minimum absolute atomic E-state index is 0.969. The van der Waals surface area contributed by atoms with Gasteiger partial charge in [0.05, 0.1) is 0 Å². The van der Waals surface area contributed by atoms with Crippen molar-refractivity contribution in [2.45, 2.75) is 201 Å². The van der Waals surface area contributed by atoms with Crippen LogP contribution in [0.3, 0.4) is 0 Å². The van der Waals surface area contributed by atoms with Crippen molar-refractivity contribution in [1.29, 1.82) is 0 Å². The molecule has 0 aromatic heterocycles. The zero-order valence-electron chi connectivity index (χ0n) is 23.4. The average molecular weight is 451 g/mol. The van der Waals surface area contributed by atoms with Crippen molar-refractivity contribution < 1.29 is 0 Å². The summed E-state index contributed by atoms with van der Waals surface area (Å²) >= 11 is 0. The summed E-state index contributed by atoms with van der Waals surface area (Å²) in [6.45, 7) is 7.09. The maximum absolute atomic E-state index is 2.48. The molecule has 0 aliphatic carbocycles. The molecule has 0 saturated carbocycles. The zero-order valence-corrected chi connectivity index (χ0v) is 23.4. The summed E-state index contributed by atoms with van der Waals surface area (Å²) in [5, 5.41) is 0. The van der Waals surface area contributed by atoms with Crippen LogP contribution in [0.4, 0.5) is 0 Å². The van der Waals surface area contributed by atoms with Crippen LogP contribution in [0.2, 0.25) is 0 Å². The molecule has 32 heavy (non-hydrogen) atoms. The molecule has 0 bridgehead atoms. The van der Waals surface area contributed by atoms with Crippen molar-refractivity contribution in [2.24, 2.45) is 5.92 Å². The molecule has 0 aliphatic rings. The first-order valence-electron chi connectivity index (χ1n) is 15.8. The van der Waals surface area contributed by atoms with Gasteiger partial charge in [-0.1, -0.05) is 201 Å². The smallest absolute Gasteiger partial charge is 0.0443 e. The Hall–Kier alpha value is 0. The van der Waals surface area contributed by atoms with Crippen molar-refractivity contribution in [1.82, 2.24) is 0 Å². The van der Waals surface area contributed by atoms with Gasteiger partial charge < -0.3 is 0 Å². The summed E-state index contributed by atoms with van der Waals surface area (Å²) < 4.78 is 0. The molecule has 0 saturated heterocycles. The van der Waals surface area contributed by atoms with Gasteiger partial charge in [0.2, 0.25) is 0 Å². The van der Waals surface area contributed by atoms with Gasteiger partial charge in [-0.05, 0) is 5.92 Å². The highest BCUT2D eigenvalue weighted by atomic mass is 14.1. The Balaban J connectivity index is 3.06. The Morgan fingerprint density at radius 2 is 0.469 bits per heavy atom. The highest BCUT2D eigenvalue weighted by Crippen LogP contribution is 2.19. The lowest BCUT2D eigenvalue weighted by Crippen LogP contribution is -1.95. The number of hydrogen-bond acceptors (Lipinski definition) is 0. The van der Waals surface area contributed by atoms with Gasteiger partial charge in [0.1, 0.15) is 0 Å². The molecule has 194 valence electrons. The highest BCUT2D eigenvalue weighted by Gasteiger charge is 2.02. The molecule has 1 unspecified atom stereocenters. The second-order valence-electron chi connectivity index (χ2n) is 11.2. The van der Waals surface area contributed by atoms with E-state index in [4.69, 9.17) is 0 Å². The summed E-state index contributed by atoms with van der Waals surface area (Å²) in [5.74, 6) is 0.969. The van der Waals surface area contributed by atoms with Crippen LogP contribution in [0.1, 0.15) is 201 Å². The van der Waals surface area contributed by atoms with E-state index < -0.39 is 0 Å². The first-order valence-corrected chi connectivity index (χ1v) is 15.8. The van der Waals surface area contributed by atoms with E-state index in [9.17, 15) is 0 Å². The number of unbranched alkanes of at least 4 members (excludes halogenated alkanes) is 24. The minimum atomic E-state index is 0.969. The predicted molar refractivity (Wildman–Crippen MR) is 150 cm³/mol. The van der Waals surface area contributed by atoms with Crippen molar-refractivity contribution in [3.05, 3.63) is 0 Å². The molecule has 1 atom stereocenters. The van der Waals surface area contributed by atoms with Crippen LogP contribution in [-0.2, 0) is 0 Å². The van der Waals surface area contributed by atoms with E-state index in [0.29, 0.717) is 0 Å². The molecule has 0 radical (unpaired) electrons. The van der Waals surface area contributed by atoms with E-state index in [0.717, 1.165) is 5.92 Å². The Labute approximate surface area is 206 Å². The standard InChI is InChI=1S/C32H66/c1-4-6-8-10-11-12-13-14-15-16-17-18-19-20-21-22-23-24-25-26-27-29-31-32(3)30-28-9-7-5-2/h32H,4-31H2,1-3H3. The van der Waals surface area contributed by atoms with Crippen LogP contribution in [0.25, 0.3) is 0 Å². The molecule has 0 rings (SSSR count). The lowest BCUT2D eigenvalue weighted by molar-refractivity contribution is 0.433. The van der Waals surface area contributed by atoms with Crippen molar-refractivity contribution in [2.75, 3.05) is 0 Å². The van der Waals surface area contributed by atoms with Crippen LogP contribution in [-0.4, -0.2) is 0 Å². The fraction of sp³-hybridized carbons (Fsp3) is 1.00. The maximum Gasteiger partial charge on any atom is -0.0443 e. The fourth-order valence-corrected chi connectivity index (χ4v) is 5.17. The molecule has 0 aliphatic heterocycles. The monoisotopic (exact) mass is 451 g/mol. The third-order valence-electron chi connectivity index (χ3n) is 7.60. The van der Waals surface area contributed by atoms with Crippen molar-refractivity contribution >= 4 is 0 Å². The molecular formula is C32H66. The molecular weight excluding hydrogens is 384 g/mol. The van der Waals surface area contributed by atoms with Crippen LogP contribution >= 0.6 is 0 Å². The normalized spacial score (nSPS) is 12.5. The van der Waals surface area contributed by atoms with Gasteiger partial charge in [0.15, 0.2) is 0 Å². The first-order chi connectivity index (χ1) is 15.8. The van der Waals surface area contributed by atoms with Crippen LogP contribution in [0.15, 0.2) is 0 Å².